The zero-order valence-corrected chi connectivity index (χ0v) is 15.1. The van der Waals surface area contributed by atoms with Crippen LogP contribution in [0.5, 0.6) is 0 Å². The minimum atomic E-state index is 0.100. The monoisotopic (exact) mass is 328 g/mol. The molecular formula is C19H28N4O. The number of piperidine rings is 1. The molecule has 1 aromatic heterocycles. The number of carbonyl (C=O) groups excluding carboxylic acids is 1. The molecular weight excluding hydrogens is 300 g/mol. The normalized spacial score (nSPS) is 25.9. The molecule has 24 heavy (non-hydrogen) atoms. The highest BCUT2D eigenvalue weighted by molar-refractivity contribution is 5.84. The predicted molar refractivity (Wildman–Crippen MR) is 95.4 cm³/mol. The number of carbonyl (C=O) groups is 1. The number of nitrogens with zero attached hydrogens (tertiary/aromatic N) is 3. The summed E-state index contributed by atoms with van der Waals surface area (Å²) in [5.74, 6) is 1.69. The Kier molecular flexibility index (Phi) is 4.61. The van der Waals surface area contributed by atoms with Gasteiger partial charge in [-0.25, -0.2) is 0 Å². The van der Waals surface area contributed by atoms with Gasteiger partial charge < -0.3 is 10.2 Å². The van der Waals surface area contributed by atoms with Gasteiger partial charge in [-0.05, 0) is 50.2 Å². The van der Waals surface area contributed by atoms with Crippen molar-refractivity contribution in [3.8, 4) is 0 Å². The van der Waals surface area contributed by atoms with Crippen LogP contribution in [0.4, 0.5) is 5.82 Å². The third-order valence-electron chi connectivity index (χ3n) is 5.42. The first kappa shape index (κ1) is 16.9. The summed E-state index contributed by atoms with van der Waals surface area (Å²) in [4.78, 5) is 14.9. The molecule has 2 aliphatic rings. The van der Waals surface area contributed by atoms with E-state index in [0.29, 0.717) is 17.9 Å². The van der Waals surface area contributed by atoms with Crippen LogP contribution in [0.25, 0.3) is 0 Å². The van der Waals surface area contributed by atoms with Crippen molar-refractivity contribution < 1.29 is 4.79 Å². The summed E-state index contributed by atoms with van der Waals surface area (Å²) in [6, 6.07) is 4.18. The van der Waals surface area contributed by atoms with E-state index in [0.717, 1.165) is 31.7 Å². The number of hydrogen-bond acceptors (Lipinski definition) is 4. The van der Waals surface area contributed by atoms with E-state index in [1.165, 1.54) is 5.57 Å². The van der Waals surface area contributed by atoms with Gasteiger partial charge in [0.25, 0.3) is 0 Å². The molecule has 2 atom stereocenters. The van der Waals surface area contributed by atoms with Crippen LogP contribution in [0.1, 0.15) is 40.5 Å². The van der Waals surface area contributed by atoms with Crippen molar-refractivity contribution >= 4 is 11.7 Å². The maximum absolute atomic E-state index is 12.9. The van der Waals surface area contributed by atoms with E-state index in [1.54, 1.807) is 6.20 Å². The van der Waals surface area contributed by atoms with Gasteiger partial charge in [0.15, 0.2) is 0 Å². The van der Waals surface area contributed by atoms with Crippen LogP contribution in [0.3, 0.4) is 0 Å². The summed E-state index contributed by atoms with van der Waals surface area (Å²) in [6.07, 6.45) is 5.86. The van der Waals surface area contributed by atoms with Crippen molar-refractivity contribution in [2.75, 3.05) is 18.4 Å². The van der Waals surface area contributed by atoms with E-state index < -0.39 is 0 Å². The number of hydrogen-bond donors (Lipinski definition) is 1. The zero-order valence-electron chi connectivity index (χ0n) is 15.1. The molecule has 2 fully saturated rings. The van der Waals surface area contributed by atoms with Crippen LogP contribution in [-0.4, -0.2) is 40.1 Å². The highest BCUT2D eigenvalue weighted by Gasteiger charge is 2.61. The number of allylic oxidation sites excluding steroid dienone is 2. The number of amides is 1. The first-order chi connectivity index (χ1) is 11.4. The van der Waals surface area contributed by atoms with Crippen molar-refractivity contribution in [2.45, 2.75) is 46.6 Å². The van der Waals surface area contributed by atoms with Gasteiger partial charge in [-0.1, -0.05) is 25.5 Å². The minimum Gasteiger partial charge on any atom is -0.366 e. The molecule has 130 valence electrons. The predicted octanol–water partition coefficient (Wildman–Crippen LogP) is 3.12. The van der Waals surface area contributed by atoms with Crippen molar-refractivity contribution in [1.29, 1.82) is 0 Å². The molecule has 5 heteroatoms. The van der Waals surface area contributed by atoms with Gasteiger partial charge in [0, 0.05) is 25.3 Å². The fourth-order valence-corrected chi connectivity index (χ4v) is 3.85. The molecule has 1 saturated carbocycles. The standard InChI is InChI=1S/C19H28N4O/c1-13(2)12-15-17(19(15,3)4)18(24)23-10-7-14(8-11-23)21-16-6-5-9-20-22-16/h5-6,9,12,14-15,17H,7-8,10-11H2,1-4H3,(H,21,22)/t15-,17+/m0/s1. The molecule has 0 spiro atoms. The second-order valence-corrected chi connectivity index (χ2v) is 7.92. The molecule has 0 aromatic carbocycles. The molecule has 5 nitrogen and oxygen atoms in total. The molecule has 1 aliphatic carbocycles. The largest absolute Gasteiger partial charge is 0.366 e. The molecule has 1 amide bonds. The first-order valence-corrected chi connectivity index (χ1v) is 8.87. The number of anilines is 1. The van der Waals surface area contributed by atoms with E-state index in [4.69, 9.17) is 0 Å². The number of likely N-dealkylation sites (tertiary alicyclic amines) is 1. The fraction of sp³-hybridized carbons (Fsp3) is 0.632. The lowest BCUT2D eigenvalue weighted by atomic mass is 10.0. The summed E-state index contributed by atoms with van der Waals surface area (Å²) < 4.78 is 0. The Labute approximate surface area is 144 Å². The summed E-state index contributed by atoms with van der Waals surface area (Å²) in [5, 5.41) is 11.4. The number of aromatic nitrogens is 2. The minimum absolute atomic E-state index is 0.100. The Hall–Kier alpha value is -1.91. The quantitative estimate of drug-likeness (QED) is 0.863. The van der Waals surface area contributed by atoms with Gasteiger partial charge >= 0.3 is 0 Å². The van der Waals surface area contributed by atoms with Crippen LogP contribution < -0.4 is 5.32 Å². The second-order valence-electron chi connectivity index (χ2n) is 7.92. The Morgan fingerprint density at radius 2 is 2.04 bits per heavy atom. The topological polar surface area (TPSA) is 58.1 Å². The average molecular weight is 328 g/mol. The molecule has 0 unspecified atom stereocenters. The van der Waals surface area contributed by atoms with Gasteiger partial charge in [-0.15, -0.1) is 5.10 Å². The smallest absolute Gasteiger partial charge is 0.226 e. The van der Waals surface area contributed by atoms with Crippen LogP contribution in [0, 0.1) is 17.3 Å². The Balaban J connectivity index is 1.53. The third kappa shape index (κ3) is 3.45. The van der Waals surface area contributed by atoms with Crippen LogP contribution in [-0.2, 0) is 4.79 Å². The van der Waals surface area contributed by atoms with Crippen molar-refractivity contribution in [2.24, 2.45) is 17.3 Å². The lowest BCUT2D eigenvalue weighted by Crippen LogP contribution is -2.43. The van der Waals surface area contributed by atoms with Gasteiger partial charge in [0.05, 0.1) is 5.92 Å². The van der Waals surface area contributed by atoms with Crippen LogP contribution >= 0.6 is 0 Å². The molecule has 1 aliphatic heterocycles. The zero-order chi connectivity index (χ0) is 17.3. The average Bonchev–Trinajstić information content (AvgIpc) is 3.08. The summed E-state index contributed by atoms with van der Waals surface area (Å²) in [6.45, 7) is 10.3. The number of rotatable bonds is 4. The maximum Gasteiger partial charge on any atom is 0.226 e. The van der Waals surface area contributed by atoms with Crippen molar-refractivity contribution in [3.05, 3.63) is 30.0 Å². The maximum atomic E-state index is 12.9. The highest BCUT2D eigenvalue weighted by atomic mass is 16.2. The van der Waals surface area contributed by atoms with Crippen molar-refractivity contribution in [3.63, 3.8) is 0 Å². The van der Waals surface area contributed by atoms with E-state index in [9.17, 15) is 4.79 Å². The van der Waals surface area contributed by atoms with Gasteiger partial charge in [0.1, 0.15) is 5.82 Å². The summed E-state index contributed by atoms with van der Waals surface area (Å²) in [7, 11) is 0. The molecule has 0 bridgehead atoms. The molecule has 1 aromatic rings. The Bertz CT molecular complexity index is 614. The van der Waals surface area contributed by atoms with Gasteiger partial charge in [-0.3, -0.25) is 4.79 Å². The molecule has 0 radical (unpaired) electrons. The highest BCUT2D eigenvalue weighted by Crippen LogP contribution is 2.60. The van der Waals surface area contributed by atoms with Crippen molar-refractivity contribution in [1.82, 2.24) is 15.1 Å². The van der Waals surface area contributed by atoms with E-state index in [-0.39, 0.29) is 11.3 Å². The third-order valence-corrected chi connectivity index (χ3v) is 5.42. The van der Waals surface area contributed by atoms with Crippen LogP contribution in [0.2, 0.25) is 0 Å². The van der Waals surface area contributed by atoms with Crippen LogP contribution in [0.15, 0.2) is 30.0 Å². The molecule has 3 rings (SSSR count). The van der Waals surface area contributed by atoms with Gasteiger partial charge in [0.2, 0.25) is 5.91 Å². The molecule has 2 heterocycles. The SMILES string of the molecule is CC(C)=C[C@H]1[C@H](C(=O)N2CCC(Nc3cccnn3)CC2)C1(C)C. The summed E-state index contributed by atoms with van der Waals surface area (Å²) >= 11 is 0. The fourth-order valence-electron chi connectivity index (χ4n) is 3.85. The lowest BCUT2D eigenvalue weighted by Gasteiger charge is -2.33. The Morgan fingerprint density at radius 3 is 2.62 bits per heavy atom. The molecule has 1 N–H and O–H groups in total. The van der Waals surface area contributed by atoms with E-state index >= 15 is 0 Å². The van der Waals surface area contributed by atoms with E-state index in [2.05, 4.69) is 54.2 Å². The number of nitrogens with one attached hydrogen (secondary N) is 1. The molecule has 1 saturated heterocycles. The second kappa shape index (κ2) is 6.54. The lowest BCUT2D eigenvalue weighted by molar-refractivity contribution is -0.134. The summed E-state index contributed by atoms with van der Waals surface area (Å²) in [5.41, 5.74) is 1.40. The van der Waals surface area contributed by atoms with E-state index in [1.807, 2.05) is 12.1 Å². The first-order valence-electron chi connectivity index (χ1n) is 8.87. The van der Waals surface area contributed by atoms with Gasteiger partial charge in [-0.2, -0.15) is 5.10 Å². The Morgan fingerprint density at radius 1 is 1.33 bits per heavy atom.